The maximum Gasteiger partial charge on any atom is 0.326 e. The van der Waals surface area contributed by atoms with Crippen molar-refractivity contribution in [3.8, 4) is 0 Å². The lowest BCUT2D eigenvalue weighted by Gasteiger charge is -2.26. The molecule has 1 saturated heterocycles. The predicted octanol–water partition coefficient (Wildman–Crippen LogP) is 0.737. The first-order valence-electron chi connectivity index (χ1n) is 7.85. The van der Waals surface area contributed by atoms with Crippen LogP contribution in [0.25, 0.3) is 0 Å². The summed E-state index contributed by atoms with van der Waals surface area (Å²) in [5.74, 6) is -1.70. The summed E-state index contributed by atoms with van der Waals surface area (Å²) in [5, 5.41) is 4.85. The number of ether oxygens (including phenoxy) is 1. The summed E-state index contributed by atoms with van der Waals surface area (Å²) in [5.41, 5.74) is -0.212. The number of hydrogen-bond donors (Lipinski definition) is 2. The Hall–Kier alpha value is -2.90. The predicted molar refractivity (Wildman–Crippen MR) is 88.3 cm³/mol. The topological polar surface area (TPSA) is 105 Å². The highest BCUT2D eigenvalue weighted by Crippen LogP contribution is 2.20. The van der Waals surface area contributed by atoms with Gasteiger partial charge >= 0.3 is 12.0 Å². The van der Waals surface area contributed by atoms with Crippen molar-refractivity contribution in [2.24, 2.45) is 0 Å². The second-order valence-corrected chi connectivity index (χ2v) is 6.27. The Labute approximate surface area is 145 Å². The largest absolute Gasteiger partial charge is 0.454 e. The normalized spacial score (nSPS) is 17.0. The molecule has 1 aromatic rings. The fourth-order valence-electron chi connectivity index (χ4n) is 2.39. The lowest BCUT2D eigenvalue weighted by molar-refractivity contribution is -0.150. The zero-order chi connectivity index (χ0) is 18.6. The first-order valence-corrected chi connectivity index (χ1v) is 7.85. The molecule has 8 nitrogen and oxygen atoms in total. The van der Waals surface area contributed by atoms with E-state index in [1.165, 1.54) is 13.8 Å². The molecule has 0 aromatic heterocycles. The highest BCUT2D eigenvalue weighted by Gasteiger charge is 2.46. The number of rotatable bonds is 6. The van der Waals surface area contributed by atoms with Crippen molar-refractivity contribution in [2.75, 3.05) is 13.2 Å². The summed E-state index contributed by atoms with van der Waals surface area (Å²) in [6, 6.07) is 8.47. The van der Waals surface area contributed by atoms with E-state index in [-0.39, 0.29) is 6.04 Å². The number of urea groups is 1. The first kappa shape index (κ1) is 18.4. The molecule has 1 aliphatic rings. The van der Waals surface area contributed by atoms with Crippen molar-refractivity contribution in [1.82, 2.24) is 15.5 Å². The second kappa shape index (κ2) is 7.33. The molecular weight excluding hydrogens is 326 g/mol. The van der Waals surface area contributed by atoms with Gasteiger partial charge in [0.1, 0.15) is 12.1 Å². The molecule has 0 radical (unpaired) electrons. The molecule has 1 atom stereocenters. The van der Waals surface area contributed by atoms with Crippen molar-refractivity contribution in [1.29, 1.82) is 0 Å². The smallest absolute Gasteiger partial charge is 0.326 e. The summed E-state index contributed by atoms with van der Waals surface area (Å²) in [4.78, 5) is 48.1. The van der Waals surface area contributed by atoms with Gasteiger partial charge in [-0.15, -0.1) is 0 Å². The summed E-state index contributed by atoms with van der Waals surface area (Å²) >= 11 is 0. The minimum atomic E-state index is -1.14. The molecule has 1 fully saturated rings. The summed E-state index contributed by atoms with van der Waals surface area (Å²) < 4.78 is 4.90. The highest BCUT2D eigenvalue weighted by atomic mass is 16.5. The molecule has 1 unspecified atom stereocenters. The number of carbonyl (C=O) groups excluding carboxylic acids is 4. The van der Waals surface area contributed by atoms with E-state index in [0.29, 0.717) is 0 Å². The molecule has 1 aliphatic heterocycles. The minimum Gasteiger partial charge on any atom is -0.454 e. The van der Waals surface area contributed by atoms with E-state index in [1.807, 2.05) is 37.3 Å². The molecule has 4 amide bonds. The lowest BCUT2D eigenvalue weighted by atomic mass is 10.0. The zero-order valence-corrected chi connectivity index (χ0v) is 14.4. The van der Waals surface area contributed by atoms with Crippen LogP contribution in [0.5, 0.6) is 0 Å². The number of nitrogens with zero attached hydrogens (tertiary/aromatic N) is 1. The van der Waals surface area contributed by atoms with Gasteiger partial charge in [-0.1, -0.05) is 30.3 Å². The molecule has 1 aromatic carbocycles. The van der Waals surface area contributed by atoms with Gasteiger partial charge in [0.25, 0.3) is 11.8 Å². The van der Waals surface area contributed by atoms with E-state index in [2.05, 4.69) is 10.6 Å². The minimum absolute atomic E-state index is 0.228. The Balaban J connectivity index is 1.81. The zero-order valence-electron chi connectivity index (χ0n) is 14.4. The second-order valence-electron chi connectivity index (χ2n) is 6.27. The van der Waals surface area contributed by atoms with Crippen LogP contribution in [-0.2, 0) is 19.1 Å². The van der Waals surface area contributed by atoms with Crippen LogP contribution in [0.1, 0.15) is 32.4 Å². The van der Waals surface area contributed by atoms with Gasteiger partial charge in [-0.2, -0.15) is 0 Å². The monoisotopic (exact) mass is 347 g/mol. The van der Waals surface area contributed by atoms with Gasteiger partial charge in [-0.05, 0) is 26.3 Å². The molecule has 2 N–H and O–H groups in total. The molecular formula is C17H21N3O5. The number of imide groups is 1. The van der Waals surface area contributed by atoms with Crippen molar-refractivity contribution in [3.63, 3.8) is 0 Å². The molecule has 0 aliphatic carbocycles. The third-order valence-corrected chi connectivity index (χ3v) is 4.02. The Kier molecular flexibility index (Phi) is 5.41. The molecule has 0 bridgehead atoms. The molecule has 25 heavy (non-hydrogen) atoms. The molecule has 8 heteroatoms. The highest BCUT2D eigenvalue weighted by molar-refractivity contribution is 6.07. The third kappa shape index (κ3) is 4.34. The number of esters is 1. The van der Waals surface area contributed by atoms with Gasteiger partial charge in [0.15, 0.2) is 6.61 Å². The van der Waals surface area contributed by atoms with Gasteiger partial charge < -0.3 is 10.1 Å². The number of hydrogen-bond acceptors (Lipinski definition) is 5. The lowest BCUT2D eigenvalue weighted by Crippen LogP contribution is -2.47. The molecule has 0 spiro atoms. The average molecular weight is 347 g/mol. The fourth-order valence-corrected chi connectivity index (χ4v) is 2.39. The van der Waals surface area contributed by atoms with Gasteiger partial charge in [0, 0.05) is 0 Å². The van der Waals surface area contributed by atoms with Crippen LogP contribution in [0.3, 0.4) is 0 Å². The Morgan fingerprint density at radius 3 is 2.44 bits per heavy atom. The van der Waals surface area contributed by atoms with Crippen LogP contribution >= 0.6 is 0 Å². The molecule has 2 rings (SSSR count). The first-order chi connectivity index (χ1) is 11.7. The van der Waals surface area contributed by atoms with E-state index in [1.54, 1.807) is 0 Å². The maximum atomic E-state index is 11.9. The van der Waals surface area contributed by atoms with Crippen molar-refractivity contribution in [3.05, 3.63) is 35.9 Å². The standard InChI is InChI=1S/C17H21N3O5/c1-11(12-7-5-4-6-8-12)18-13(21)10-25-14(22)9-20-16(24)19-15(23)17(20,2)3/h4-8,11H,9-10H2,1-3H3,(H,18,21)(H,19,23,24). The summed E-state index contributed by atoms with van der Waals surface area (Å²) in [7, 11) is 0. The van der Waals surface area contributed by atoms with Gasteiger partial charge in [-0.3, -0.25) is 24.6 Å². The van der Waals surface area contributed by atoms with Crippen LogP contribution in [-0.4, -0.2) is 47.4 Å². The van der Waals surface area contributed by atoms with Crippen LogP contribution in [0.15, 0.2) is 30.3 Å². The number of amides is 4. The number of carbonyl (C=O) groups is 4. The molecule has 1 heterocycles. The van der Waals surface area contributed by atoms with Crippen LogP contribution in [0.2, 0.25) is 0 Å². The van der Waals surface area contributed by atoms with Gasteiger partial charge in [0.05, 0.1) is 6.04 Å². The van der Waals surface area contributed by atoms with E-state index in [0.717, 1.165) is 10.5 Å². The van der Waals surface area contributed by atoms with Gasteiger partial charge in [0.2, 0.25) is 0 Å². The van der Waals surface area contributed by atoms with Crippen molar-refractivity contribution in [2.45, 2.75) is 32.4 Å². The summed E-state index contributed by atoms with van der Waals surface area (Å²) in [6.45, 7) is 3.99. The third-order valence-electron chi connectivity index (χ3n) is 4.02. The van der Waals surface area contributed by atoms with Crippen LogP contribution < -0.4 is 10.6 Å². The van der Waals surface area contributed by atoms with Gasteiger partial charge in [-0.25, -0.2) is 4.79 Å². The SMILES string of the molecule is CC(NC(=O)COC(=O)CN1C(=O)NC(=O)C1(C)C)c1ccccc1. The fraction of sp³-hybridized carbons (Fsp3) is 0.412. The number of nitrogens with one attached hydrogen (secondary N) is 2. The number of benzene rings is 1. The van der Waals surface area contributed by atoms with E-state index in [9.17, 15) is 19.2 Å². The van der Waals surface area contributed by atoms with Crippen LogP contribution in [0.4, 0.5) is 4.79 Å². The maximum absolute atomic E-state index is 11.9. The quantitative estimate of drug-likeness (QED) is 0.583. The Morgan fingerprint density at radius 1 is 1.24 bits per heavy atom. The van der Waals surface area contributed by atoms with Crippen LogP contribution in [0, 0.1) is 0 Å². The van der Waals surface area contributed by atoms with E-state index < -0.39 is 42.5 Å². The van der Waals surface area contributed by atoms with Crippen molar-refractivity contribution >= 4 is 23.8 Å². The van der Waals surface area contributed by atoms with Crippen molar-refractivity contribution < 1.29 is 23.9 Å². The average Bonchev–Trinajstić information content (AvgIpc) is 2.76. The molecule has 134 valence electrons. The van der Waals surface area contributed by atoms with E-state index in [4.69, 9.17) is 4.74 Å². The molecule has 0 saturated carbocycles. The summed E-state index contributed by atoms with van der Waals surface area (Å²) in [6.07, 6.45) is 0. The van der Waals surface area contributed by atoms with E-state index >= 15 is 0 Å². The Bertz CT molecular complexity index is 687. The Morgan fingerprint density at radius 2 is 1.88 bits per heavy atom.